The number of nitrogens with one attached hydrogen (secondary N) is 1. The molecule has 0 aliphatic carbocycles. The third-order valence-electron chi connectivity index (χ3n) is 4.25. The largest absolute Gasteiger partial charge is 0.479 e. The standard InChI is InChI=1S/C19H19Cl2FN2O2/c1-12(26-17-8-7-13(20)11-14(17)21)19(25)23-18-15(22)5-4-6-16(18)24-9-2-3-10-24/h4-8,11-12H,2-3,9-10H2,1H3,(H,23,25). The Labute approximate surface area is 161 Å². The van der Waals surface area contributed by atoms with Crippen LogP contribution in [0.4, 0.5) is 15.8 Å². The fourth-order valence-corrected chi connectivity index (χ4v) is 3.35. The van der Waals surface area contributed by atoms with Crippen molar-refractivity contribution in [3.05, 3.63) is 52.3 Å². The van der Waals surface area contributed by atoms with Crippen molar-refractivity contribution in [2.45, 2.75) is 25.9 Å². The average Bonchev–Trinajstić information content (AvgIpc) is 3.13. The topological polar surface area (TPSA) is 41.6 Å². The van der Waals surface area contributed by atoms with E-state index in [1.54, 1.807) is 25.1 Å². The molecule has 1 saturated heterocycles. The van der Waals surface area contributed by atoms with Gasteiger partial charge in [0.2, 0.25) is 0 Å². The molecular weight excluding hydrogens is 378 g/mol. The van der Waals surface area contributed by atoms with Gasteiger partial charge >= 0.3 is 0 Å². The molecule has 1 amide bonds. The maximum atomic E-state index is 14.3. The lowest BCUT2D eigenvalue weighted by Crippen LogP contribution is -2.31. The average molecular weight is 397 g/mol. The zero-order chi connectivity index (χ0) is 18.7. The van der Waals surface area contributed by atoms with Gasteiger partial charge in [-0.2, -0.15) is 0 Å². The number of carbonyl (C=O) groups excluding carboxylic acids is 1. The van der Waals surface area contributed by atoms with E-state index in [2.05, 4.69) is 10.2 Å². The number of amides is 1. The van der Waals surface area contributed by atoms with Crippen LogP contribution in [0.2, 0.25) is 10.0 Å². The molecule has 0 bridgehead atoms. The summed E-state index contributed by atoms with van der Waals surface area (Å²) < 4.78 is 19.9. The number of hydrogen-bond acceptors (Lipinski definition) is 3. The van der Waals surface area contributed by atoms with Crippen LogP contribution in [0.1, 0.15) is 19.8 Å². The van der Waals surface area contributed by atoms with E-state index >= 15 is 0 Å². The van der Waals surface area contributed by atoms with Crippen LogP contribution in [0.15, 0.2) is 36.4 Å². The van der Waals surface area contributed by atoms with Gasteiger partial charge in [0.25, 0.3) is 5.91 Å². The molecule has 1 heterocycles. The second-order valence-electron chi connectivity index (χ2n) is 6.15. The number of hydrogen-bond donors (Lipinski definition) is 1. The Morgan fingerprint density at radius 1 is 1.23 bits per heavy atom. The minimum absolute atomic E-state index is 0.178. The minimum atomic E-state index is -0.861. The first-order chi connectivity index (χ1) is 12.5. The highest BCUT2D eigenvalue weighted by Gasteiger charge is 2.23. The summed E-state index contributed by atoms with van der Waals surface area (Å²) in [6.07, 6.45) is 1.25. The van der Waals surface area contributed by atoms with Gasteiger partial charge in [-0.1, -0.05) is 29.3 Å². The molecule has 0 saturated carbocycles. The highest BCUT2D eigenvalue weighted by atomic mass is 35.5. The van der Waals surface area contributed by atoms with Crippen LogP contribution >= 0.6 is 23.2 Å². The van der Waals surface area contributed by atoms with Crippen molar-refractivity contribution in [2.24, 2.45) is 0 Å². The highest BCUT2D eigenvalue weighted by molar-refractivity contribution is 6.35. The molecule has 1 aliphatic rings. The third-order valence-corrected chi connectivity index (χ3v) is 4.78. The zero-order valence-electron chi connectivity index (χ0n) is 14.3. The Kier molecular flexibility index (Phi) is 5.89. The predicted molar refractivity (Wildman–Crippen MR) is 103 cm³/mol. The van der Waals surface area contributed by atoms with Crippen LogP contribution in [0.25, 0.3) is 0 Å². The molecule has 4 nitrogen and oxygen atoms in total. The van der Waals surface area contributed by atoms with Crippen molar-refractivity contribution in [1.82, 2.24) is 0 Å². The molecule has 2 aromatic carbocycles. The lowest BCUT2D eigenvalue weighted by atomic mass is 10.2. The molecule has 0 radical (unpaired) electrons. The van der Waals surface area contributed by atoms with Gasteiger partial charge < -0.3 is 15.0 Å². The molecule has 1 aliphatic heterocycles. The smallest absolute Gasteiger partial charge is 0.265 e. The summed E-state index contributed by atoms with van der Waals surface area (Å²) in [5.41, 5.74) is 0.865. The molecule has 0 aromatic heterocycles. The van der Waals surface area contributed by atoms with Crippen molar-refractivity contribution < 1.29 is 13.9 Å². The fourth-order valence-electron chi connectivity index (χ4n) is 2.90. The Morgan fingerprint density at radius 2 is 1.96 bits per heavy atom. The van der Waals surface area contributed by atoms with Gasteiger partial charge in [0, 0.05) is 18.1 Å². The van der Waals surface area contributed by atoms with E-state index < -0.39 is 17.8 Å². The van der Waals surface area contributed by atoms with E-state index in [0.717, 1.165) is 25.9 Å². The monoisotopic (exact) mass is 396 g/mol. The Bertz CT molecular complexity index is 810. The maximum Gasteiger partial charge on any atom is 0.265 e. The van der Waals surface area contributed by atoms with Crippen molar-refractivity contribution in [1.29, 1.82) is 0 Å². The lowest BCUT2D eigenvalue weighted by molar-refractivity contribution is -0.122. The summed E-state index contributed by atoms with van der Waals surface area (Å²) in [6, 6.07) is 9.53. The number of benzene rings is 2. The lowest BCUT2D eigenvalue weighted by Gasteiger charge is -2.23. The van der Waals surface area contributed by atoms with Gasteiger partial charge in [0.15, 0.2) is 6.10 Å². The summed E-state index contributed by atoms with van der Waals surface area (Å²) in [4.78, 5) is 14.6. The SMILES string of the molecule is CC(Oc1ccc(Cl)cc1Cl)C(=O)Nc1c(F)cccc1N1CCCC1. The van der Waals surface area contributed by atoms with Crippen LogP contribution in [0, 0.1) is 5.82 Å². The van der Waals surface area contributed by atoms with Crippen LogP contribution in [-0.4, -0.2) is 25.1 Å². The maximum absolute atomic E-state index is 14.3. The van der Waals surface area contributed by atoms with Crippen molar-refractivity contribution in [2.75, 3.05) is 23.3 Å². The molecule has 7 heteroatoms. The molecular formula is C19H19Cl2FN2O2. The number of ether oxygens (including phenoxy) is 1. The Balaban J connectivity index is 1.75. The van der Waals surface area contributed by atoms with Gasteiger partial charge in [-0.3, -0.25) is 4.79 Å². The number of halogens is 3. The Morgan fingerprint density at radius 3 is 2.65 bits per heavy atom. The van der Waals surface area contributed by atoms with Gasteiger partial charge in [0.1, 0.15) is 17.3 Å². The van der Waals surface area contributed by atoms with Crippen molar-refractivity contribution >= 4 is 40.5 Å². The van der Waals surface area contributed by atoms with E-state index in [0.29, 0.717) is 21.5 Å². The van der Waals surface area contributed by atoms with Crippen LogP contribution in [-0.2, 0) is 4.79 Å². The zero-order valence-corrected chi connectivity index (χ0v) is 15.8. The molecule has 1 fully saturated rings. The summed E-state index contributed by atoms with van der Waals surface area (Å²) in [6.45, 7) is 3.27. The number of anilines is 2. The fraction of sp³-hybridized carbons (Fsp3) is 0.316. The summed E-state index contributed by atoms with van der Waals surface area (Å²) >= 11 is 11.9. The van der Waals surface area contributed by atoms with E-state index in [1.807, 2.05) is 6.07 Å². The van der Waals surface area contributed by atoms with Crippen LogP contribution in [0.5, 0.6) is 5.75 Å². The van der Waals surface area contributed by atoms with E-state index in [4.69, 9.17) is 27.9 Å². The molecule has 2 aromatic rings. The van der Waals surface area contributed by atoms with Crippen LogP contribution < -0.4 is 15.0 Å². The molecule has 26 heavy (non-hydrogen) atoms. The van der Waals surface area contributed by atoms with Gasteiger partial charge in [-0.05, 0) is 50.1 Å². The third kappa shape index (κ3) is 4.22. The summed E-state index contributed by atoms with van der Waals surface area (Å²) in [7, 11) is 0. The number of carbonyl (C=O) groups is 1. The summed E-state index contributed by atoms with van der Waals surface area (Å²) in [5.74, 6) is -0.590. The van der Waals surface area contributed by atoms with E-state index in [-0.39, 0.29) is 5.69 Å². The van der Waals surface area contributed by atoms with E-state index in [1.165, 1.54) is 12.1 Å². The normalized spacial score (nSPS) is 15.0. The molecule has 1 N–H and O–H groups in total. The Hall–Kier alpha value is -1.98. The quantitative estimate of drug-likeness (QED) is 0.760. The molecule has 1 atom stereocenters. The van der Waals surface area contributed by atoms with E-state index in [9.17, 15) is 9.18 Å². The second-order valence-corrected chi connectivity index (χ2v) is 7.00. The molecule has 1 unspecified atom stereocenters. The first-order valence-corrected chi connectivity index (χ1v) is 9.17. The molecule has 138 valence electrons. The number of rotatable bonds is 5. The van der Waals surface area contributed by atoms with Gasteiger partial charge in [-0.15, -0.1) is 0 Å². The summed E-state index contributed by atoms with van der Waals surface area (Å²) in [5, 5.41) is 3.44. The predicted octanol–water partition coefficient (Wildman–Crippen LogP) is 5.14. The minimum Gasteiger partial charge on any atom is -0.479 e. The van der Waals surface area contributed by atoms with Gasteiger partial charge in [0.05, 0.1) is 10.7 Å². The molecule has 3 rings (SSSR count). The van der Waals surface area contributed by atoms with Crippen LogP contribution in [0.3, 0.4) is 0 Å². The first-order valence-electron chi connectivity index (χ1n) is 8.42. The second kappa shape index (κ2) is 8.14. The number of nitrogens with zero attached hydrogens (tertiary/aromatic N) is 1. The first kappa shape index (κ1) is 18.8. The number of para-hydroxylation sites is 1. The highest BCUT2D eigenvalue weighted by Crippen LogP contribution is 2.32. The van der Waals surface area contributed by atoms with Crippen molar-refractivity contribution in [3.63, 3.8) is 0 Å². The van der Waals surface area contributed by atoms with Gasteiger partial charge in [-0.25, -0.2) is 4.39 Å². The molecule has 0 spiro atoms. The van der Waals surface area contributed by atoms with Crippen molar-refractivity contribution in [3.8, 4) is 5.75 Å².